The number of aryl methyl sites for hydroxylation is 1. The number of hydrogen-bond donors (Lipinski definition) is 0. The molecule has 3 saturated heterocycles. The van der Waals surface area contributed by atoms with Crippen molar-refractivity contribution in [3.05, 3.63) is 65.7 Å². The molecular formula is C35H40N10O3S. The summed E-state index contributed by atoms with van der Waals surface area (Å²) in [5, 5.41) is 5.30. The lowest BCUT2D eigenvalue weighted by Gasteiger charge is -2.35. The molecule has 49 heavy (non-hydrogen) atoms. The number of rotatable bonds is 8. The van der Waals surface area contributed by atoms with E-state index in [1.807, 2.05) is 73.3 Å². The highest BCUT2D eigenvalue weighted by atomic mass is 32.1. The quantitative estimate of drug-likeness (QED) is 0.276. The number of amides is 2. The standard InChI is InChI=1S/C35H40N10O3S/c1-23(2)48-26-7-4-24(5-8-26)30-31-25(18-36-30)6-9-28(39-31)45-13-11-35(33(45)47)10-12-42(21-35)20-29(46)43-14-16-44(17-15-43)34-37-19-27(49-34)32-38-22-41(3)40-32/h4-9,19,22-23H,10-18,20-21H2,1-3H3/t35-/m0/s1. The van der Waals surface area contributed by atoms with Gasteiger partial charge in [-0.05, 0) is 63.6 Å². The number of aliphatic imine (C=N–C) groups is 1. The minimum atomic E-state index is -0.478. The van der Waals surface area contributed by atoms with Gasteiger partial charge in [0.15, 0.2) is 11.0 Å². The Labute approximate surface area is 289 Å². The van der Waals surface area contributed by atoms with E-state index in [2.05, 4.69) is 24.9 Å². The number of carbonyl (C=O) groups is 2. The van der Waals surface area contributed by atoms with Crippen LogP contribution in [0.5, 0.6) is 5.75 Å². The van der Waals surface area contributed by atoms with Crippen molar-refractivity contribution in [2.45, 2.75) is 39.3 Å². The number of carbonyl (C=O) groups excluding carboxylic acids is 2. The van der Waals surface area contributed by atoms with Gasteiger partial charge in [0.2, 0.25) is 11.8 Å². The molecule has 0 N–H and O–H groups in total. The number of nitrogens with zero attached hydrogens (tertiary/aromatic N) is 10. The van der Waals surface area contributed by atoms with Crippen molar-refractivity contribution in [3.8, 4) is 16.5 Å². The average Bonchev–Trinajstić information content (AvgIpc) is 3.94. The Bertz CT molecular complexity index is 1910. The second-order valence-corrected chi connectivity index (χ2v) is 14.6. The van der Waals surface area contributed by atoms with Gasteiger partial charge in [0.25, 0.3) is 0 Å². The monoisotopic (exact) mass is 680 g/mol. The van der Waals surface area contributed by atoms with Crippen molar-refractivity contribution in [3.63, 3.8) is 0 Å². The van der Waals surface area contributed by atoms with Crippen molar-refractivity contribution < 1.29 is 14.3 Å². The lowest BCUT2D eigenvalue weighted by Crippen LogP contribution is -2.51. The Morgan fingerprint density at radius 3 is 2.55 bits per heavy atom. The molecule has 4 aliphatic rings. The average molecular weight is 681 g/mol. The predicted molar refractivity (Wildman–Crippen MR) is 187 cm³/mol. The van der Waals surface area contributed by atoms with Crippen LogP contribution in [0.1, 0.15) is 43.5 Å². The van der Waals surface area contributed by atoms with Crippen LogP contribution in [-0.4, -0.2) is 111 Å². The Morgan fingerprint density at radius 2 is 1.80 bits per heavy atom. The van der Waals surface area contributed by atoms with E-state index in [0.717, 1.165) is 70.8 Å². The largest absolute Gasteiger partial charge is 0.491 e. The molecule has 8 rings (SSSR count). The zero-order chi connectivity index (χ0) is 33.7. The van der Waals surface area contributed by atoms with Gasteiger partial charge in [0.1, 0.15) is 17.9 Å². The zero-order valence-electron chi connectivity index (χ0n) is 28.1. The Balaban J connectivity index is 0.866. The molecule has 3 fully saturated rings. The first-order valence-corrected chi connectivity index (χ1v) is 17.8. The van der Waals surface area contributed by atoms with E-state index in [9.17, 15) is 9.59 Å². The van der Waals surface area contributed by atoms with Gasteiger partial charge in [0, 0.05) is 57.4 Å². The number of pyridine rings is 1. The molecular weight excluding hydrogens is 641 g/mol. The number of piperazine rings is 1. The van der Waals surface area contributed by atoms with Crippen molar-refractivity contribution in [1.29, 1.82) is 0 Å². The van der Waals surface area contributed by atoms with Gasteiger partial charge in [-0.2, -0.15) is 5.10 Å². The van der Waals surface area contributed by atoms with E-state index in [1.165, 1.54) is 0 Å². The number of likely N-dealkylation sites (tertiary alicyclic amines) is 1. The van der Waals surface area contributed by atoms with Crippen LogP contribution in [0.25, 0.3) is 10.7 Å². The Hall–Kier alpha value is -4.69. The maximum absolute atomic E-state index is 14.0. The molecule has 7 heterocycles. The fraction of sp³-hybridized carbons (Fsp3) is 0.457. The molecule has 1 atom stereocenters. The van der Waals surface area contributed by atoms with Crippen molar-refractivity contribution in [2.75, 3.05) is 62.2 Å². The summed E-state index contributed by atoms with van der Waals surface area (Å²) in [4.78, 5) is 55.2. The molecule has 0 saturated carbocycles. The molecule has 2 amide bonds. The van der Waals surface area contributed by atoms with E-state index in [0.29, 0.717) is 50.9 Å². The van der Waals surface area contributed by atoms with E-state index < -0.39 is 5.41 Å². The fourth-order valence-electron chi connectivity index (χ4n) is 7.31. The first-order chi connectivity index (χ1) is 23.7. The minimum absolute atomic E-state index is 0.107. The number of aromatic nitrogens is 5. The predicted octanol–water partition coefficient (Wildman–Crippen LogP) is 3.25. The van der Waals surface area contributed by atoms with Crippen LogP contribution in [0.4, 0.5) is 10.9 Å². The van der Waals surface area contributed by atoms with Crippen LogP contribution < -0.4 is 14.5 Å². The van der Waals surface area contributed by atoms with Gasteiger partial charge in [-0.1, -0.05) is 17.4 Å². The topological polar surface area (TPSA) is 125 Å². The molecule has 254 valence electrons. The summed E-state index contributed by atoms with van der Waals surface area (Å²) in [6.45, 7) is 9.63. The van der Waals surface area contributed by atoms with Crippen LogP contribution in [0.15, 0.2) is 53.9 Å². The normalized spacial score (nSPS) is 20.9. The van der Waals surface area contributed by atoms with Crippen LogP contribution in [0.2, 0.25) is 0 Å². The third-order valence-electron chi connectivity index (χ3n) is 9.89. The second-order valence-electron chi connectivity index (χ2n) is 13.6. The maximum atomic E-state index is 14.0. The van der Waals surface area contributed by atoms with E-state index >= 15 is 0 Å². The van der Waals surface area contributed by atoms with Crippen molar-refractivity contribution >= 4 is 39.8 Å². The number of anilines is 2. The van der Waals surface area contributed by atoms with E-state index in [4.69, 9.17) is 14.7 Å². The SMILES string of the molecule is CC(C)Oc1ccc(C2=NCc3ccc(N4CC[C@]5(CCN(CC(=O)N6CCN(c7ncc(-c8ncn(C)n8)s7)CC6)C5)C4=O)nc32)cc1. The molecule has 1 spiro atoms. The third-order valence-corrected chi connectivity index (χ3v) is 10.9. The highest BCUT2D eigenvalue weighted by Crippen LogP contribution is 2.42. The highest BCUT2D eigenvalue weighted by molar-refractivity contribution is 7.18. The van der Waals surface area contributed by atoms with Gasteiger partial charge in [0.05, 0.1) is 47.1 Å². The lowest BCUT2D eigenvalue weighted by molar-refractivity contribution is -0.133. The fourth-order valence-corrected chi connectivity index (χ4v) is 8.21. The number of hydrogen-bond acceptors (Lipinski definition) is 11. The Morgan fingerprint density at radius 1 is 1.00 bits per heavy atom. The molecule has 3 aromatic heterocycles. The molecule has 13 nitrogen and oxygen atoms in total. The van der Waals surface area contributed by atoms with Gasteiger partial charge in [-0.3, -0.25) is 29.1 Å². The molecule has 0 radical (unpaired) electrons. The maximum Gasteiger partial charge on any atom is 0.236 e. The molecule has 1 aromatic carbocycles. The lowest BCUT2D eigenvalue weighted by atomic mass is 9.85. The minimum Gasteiger partial charge on any atom is -0.491 e. The number of ether oxygens (including phenoxy) is 1. The molecule has 0 aliphatic carbocycles. The number of fused-ring (bicyclic) bond motifs is 1. The molecule has 0 bridgehead atoms. The van der Waals surface area contributed by atoms with Crippen LogP contribution in [0.3, 0.4) is 0 Å². The molecule has 4 aliphatic heterocycles. The molecule has 14 heteroatoms. The number of benzene rings is 1. The van der Waals surface area contributed by atoms with Gasteiger partial charge in [-0.15, -0.1) is 0 Å². The Kier molecular flexibility index (Phi) is 8.15. The van der Waals surface area contributed by atoms with Crippen LogP contribution in [0, 0.1) is 5.41 Å². The first-order valence-electron chi connectivity index (χ1n) is 17.0. The summed E-state index contributed by atoms with van der Waals surface area (Å²) in [5.74, 6) is 2.40. The summed E-state index contributed by atoms with van der Waals surface area (Å²) in [6.07, 6.45) is 5.12. The van der Waals surface area contributed by atoms with Crippen LogP contribution in [-0.2, 0) is 23.2 Å². The smallest absolute Gasteiger partial charge is 0.236 e. The highest BCUT2D eigenvalue weighted by Gasteiger charge is 2.51. The zero-order valence-corrected chi connectivity index (χ0v) is 28.9. The third kappa shape index (κ3) is 6.07. The summed E-state index contributed by atoms with van der Waals surface area (Å²) in [6, 6.07) is 12.0. The summed E-state index contributed by atoms with van der Waals surface area (Å²) in [7, 11) is 1.85. The van der Waals surface area contributed by atoms with E-state index in [-0.39, 0.29) is 17.9 Å². The van der Waals surface area contributed by atoms with E-state index in [1.54, 1.807) is 22.3 Å². The van der Waals surface area contributed by atoms with Crippen molar-refractivity contribution in [2.24, 2.45) is 17.5 Å². The van der Waals surface area contributed by atoms with Gasteiger partial charge in [-0.25, -0.2) is 15.0 Å². The summed E-state index contributed by atoms with van der Waals surface area (Å²) < 4.78 is 7.49. The molecule has 4 aromatic rings. The molecule has 0 unspecified atom stereocenters. The first kappa shape index (κ1) is 31.6. The summed E-state index contributed by atoms with van der Waals surface area (Å²) >= 11 is 1.57. The van der Waals surface area contributed by atoms with Gasteiger partial charge >= 0.3 is 0 Å². The number of thiazole rings is 1. The van der Waals surface area contributed by atoms with Crippen molar-refractivity contribution in [1.82, 2.24) is 34.5 Å². The second kappa shape index (κ2) is 12.6. The van der Waals surface area contributed by atoms with Crippen LogP contribution >= 0.6 is 11.3 Å². The summed E-state index contributed by atoms with van der Waals surface area (Å²) in [5.41, 5.74) is 3.25. The van der Waals surface area contributed by atoms with Gasteiger partial charge < -0.3 is 14.5 Å².